The third kappa shape index (κ3) is 3.72. The van der Waals surface area contributed by atoms with Crippen LogP contribution in [-0.4, -0.2) is 20.4 Å². The average Bonchev–Trinajstić information content (AvgIpc) is 3.14. The van der Waals surface area contributed by atoms with Crippen molar-refractivity contribution in [3.63, 3.8) is 0 Å². The first-order chi connectivity index (χ1) is 11.1. The Morgan fingerprint density at radius 3 is 2.91 bits per heavy atom. The zero-order valence-corrected chi connectivity index (χ0v) is 14.0. The van der Waals surface area contributed by atoms with Crippen molar-refractivity contribution in [2.45, 2.75) is 19.9 Å². The first-order valence-electron chi connectivity index (χ1n) is 6.94. The second-order valence-corrected chi connectivity index (χ2v) is 6.55. The second-order valence-electron chi connectivity index (χ2n) is 4.87. The molecule has 0 aliphatic heterocycles. The number of rotatable bonds is 5. The van der Waals surface area contributed by atoms with Crippen LogP contribution in [-0.2, 0) is 11.3 Å². The summed E-state index contributed by atoms with van der Waals surface area (Å²) in [6, 6.07) is 3.76. The van der Waals surface area contributed by atoms with Crippen molar-refractivity contribution in [2.75, 3.05) is 5.32 Å². The van der Waals surface area contributed by atoms with E-state index in [4.69, 9.17) is 0 Å². The van der Waals surface area contributed by atoms with Gasteiger partial charge in [-0.2, -0.15) is 0 Å². The standard InChI is InChI=1S/C15H14N4O2S2/c1-10-8-23-15(21)19(10)6-4-13(20)18-14-17-12(9-22-14)11-3-2-5-16-7-11/h2-3,5,7-9H,4,6H2,1H3,(H,17,18,20). The number of nitrogens with one attached hydrogen (secondary N) is 1. The molecule has 0 radical (unpaired) electrons. The Morgan fingerprint density at radius 2 is 2.22 bits per heavy atom. The third-order valence-corrected chi connectivity index (χ3v) is 4.89. The van der Waals surface area contributed by atoms with E-state index in [1.165, 1.54) is 11.3 Å². The van der Waals surface area contributed by atoms with Gasteiger partial charge in [0, 0.05) is 47.4 Å². The Kier molecular flexibility index (Phi) is 4.63. The average molecular weight is 346 g/mol. The van der Waals surface area contributed by atoms with Crippen molar-refractivity contribution >= 4 is 33.7 Å². The molecule has 0 fully saturated rings. The van der Waals surface area contributed by atoms with Gasteiger partial charge in [-0.1, -0.05) is 11.3 Å². The molecule has 0 saturated heterocycles. The van der Waals surface area contributed by atoms with Gasteiger partial charge in [0.05, 0.1) is 5.69 Å². The van der Waals surface area contributed by atoms with Gasteiger partial charge in [0.1, 0.15) is 0 Å². The summed E-state index contributed by atoms with van der Waals surface area (Å²) in [6.07, 6.45) is 3.67. The number of thiazole rings is 2. The number of pyridine rings is 1. The fraction of sp³-hybridized carbons (Fsp3) is 0.200. The van der Waals surface area contributed by atoms with Crippen molar-refractivity contribution in [3.8, 4) is 11.3 Å². The fourth-order valence-electron chi connectivity index (χ4n) is 2.05. The van der Waals surface area contributed by atoms with Gasteiger partial charge in [-0.15, -0.1) is 11.3 Å². The summed E-state index contributed by atoms with van der Waals surface area (Å²) in [5.41, 5.74) is 2.56. The molecule has 6 nitrogen and oxygen atoms in total. The topological polar surface area (TPSA) is 76.9 Å². The van der Waals surface area contributed by atoms with E-state index in [1.807, 2.05) is 24.4 Å². The minimum absolute atomic E-state index is 0.0385. The van der Waals surface area contributed by atoms with Gasteiger partial charge in [0.2, 0.25) is 5.91 Å². The van der Waals surface area contributed by atoms with Crippen LogP contribution in [0.5, 0.6) is 0 Å². The van der Waals surface area contributed by atoms with E-state index in [1.54, 1.807) is 22.3 Å². The Balaban J connectivity index is 1.60. The van der Waals surface area contributed by atoms with Crippen molar-refractivity contribution in [1.29, 1.82) is 0 Å². The summed E-state index contributed by atoms with van der Waals surface area (Å²) in [4.78, 5) is 32.0. The second kappa shape index (κ2) is 6.84. The largest absolute Gasteiger partial charge is 0.307 e. The van der Waals surface area contributed by atoms with E-state index in [9.17, 15) is 9.59 Å². The van der Waals surface area contributed by atoms with Gasteiger partial charge < -0.3 is 9.88 Å². The minimum atomic E-state index is -0.158. The van der Waals surface area contributed by atoms with E-state index in [2.05, 4.69) is 15.3 Å². The Morgan fingerprint density at radius 1 is 1.35 bits per heavy atom. The molecule has 0 aliphatic carbocycles. The third-order valence-electron chi connectivity index (χ3n) is 3.25. The van der Waals surface area contributed by atoms with Gasteiger partial charge in [0.15, 0.2) is 5.13 Å². The molecule has 0 aliphatic rings. The van der Waals surface area contributed by atoms with Crippen LogP contribution in [0.2, 0.25) is 0 Å². The SMILES string of the molecule is Cc1csc(=O)n1CCC(=O)Nc1nc(-c2cccnc2)cs1. The first-order valence-corrected chi connectivity index (χ1v) is 8.70. The number of aromatic nitrogens is 3. The zero-order chi connectivity index (χ0) is 16.2. The normalized spacial score (nSPS) is 10.7. The first kappa shape index (κ1) is 15.6. The number of hydrogen-bond donors (Lipinski definition) is 1. The molecule has 0 saturated carbocycles. The Bertz CT molecular complexity index is 867. The van der Waals surface area contributed by atoms with Crippen LogP contribution in [0.25, 0.3) is 11.3 Å². The number of hydrogen-bond acceptors (Lipinski definition) is 6. The highest BCUT2D eigenvalue weighted by molar-refractivity contribution is 7.14. The van der Waals surface area contributed by atoms with Crippen LogP contribution >= 0.6 is 22.7 Å². The predicted octanol–water partition coefficient (Wildman–Crippen LogP) is 2.77. The monoisotopic (exact) mass is 346 g/mol. The molecule has 0 spiro atoms. The highest BCUT2D eigenvalue weighted by Gasteiger charge is 2.10. The predicted molar refractivity (Wildman–Crippen MR) is 91.9 cm³/mol. The van der Waals surface area contributed by atoms with E-state index in [0.29, 0.717) is 11.7 Å². The molecule has 8 heteroatoms. The van der Waals surface area contributed by atoms with Crippen molar-refractivity contribution in [2.24, 2.45) is 0 Å². The van der Waals surface area contributed by atoms with Crippen LogP contribution in [0.3, 0.4) is 0 Å². The van der Waals surface area contributed by atoms with E-state index >= 15 is 0 Å². The molecule has 3 aromatic heterocycles. The minimum Gasteiger partial charge on any atom is -0.303 e. The lowest BCUT2D eigenvalue weighted by Crippen LogP contribution is -2.20. The van der Waals surface area contributed by atoms with Gasteiger partial charge in [-0.25, -0.2) is 4.98 Å². The van der Waals surface area contributed by atoms with E-state index in [0.717, 1.165) is 28.3 Å². The molecule has 3 rings (SSSR count). The summed E-state index contributed by atoms with van der Waals surface area (Å²) in [7, 11) is 0. The van der Waals surface area contributed by atoms with Crippen LogP contribution < -0.4 is 10.2 Å². The summed E-state index contributed by atoms with van der Waals surface area (Å²) in [5.74, 6) is -0.158. The fourth-order valence-corrected chi connectivity index (χ4v) is 3.54. The molecule has 1 amide bonds. The Hall–Kier alpha value is -2.32. The van der Waals surface area contributed by atoms with Gasteiger partial charge in [-0.05, 0) is 19.1 Å². The molecule has 0 bridgehead atoms. The highest BCUT2D eigenvalue weighted by Crippen LogP contribution is 2.24. The Labute approximate surface area is 140 Å². The molecule has 0 unspecified atom stereocenters. The molecule has 0 atom stereocenters. The van der Waals surface area contributed by atoms with Crippen molar-refractivity contribution < 1.29 is 4.79 Å². The number of nitrogens with zero attached hydrogens (tertiary/aromatic N) is 3. The maximum absolute atomic E-state index is 12.0. The number of carbonyl (C=O) groups is 1. The van der Waals surface area contributed by atoms with Crippen molar-refractivity contribution in [1.82, 2.24) is 14.5 Å². The molecular formula is C15H14N4O2S2. The van der Waals surface area contributed by atoms with E-state index < -0.39 is 0 Å². The number of anilines is 1. The lowest BCUT2D eigenvalue weighted by atomic mass is 10.2. The van der Waals surface area contributed by atoms with Crippen LogP contribution in [0, 0.1) is 6.92 Å². The van der Waals surface area contributed by atoms with Gasteiger partial charge in [-0.3, -0.25) is 14.6 Å². The maximum Gasteiger partial charge on any atom is 0.307 e. The molecule has 1 N–H and O–H groups in total. The van der Waals surface area contributed by atoms with Crippen LogP contribution in [0.15, 0.2) is 40.1 Å². The molecule has 118 valence electrons. The molecule has 23 heavy (non-hydrogen) atoms. The van der Waals surface area contributed by atoms with Crippen molar-refractivity contribution in [3.05, 3.63) is 50.6 Å². The van der Waals surface area contributed by atoms with Crippen LogP contribution in [0.4, 0.5) is 5.13 Å². The molecular weight excluding hydrogens is 332 g/mol. The molecule has 3 aromatic rings. The number of amides is 1. The van der Waals surface area contributed by atoms with Gasteiger partial charge in [0.25, 0.3) is 0 Å². The highest BCUT2D eigenvalue weighted by atomic mass is 32.1. The summed E-state index contributed by atoms with van der Waals surface area (Å²) >= 11 is 2.51. The smallest absolute Gasteiger partial charge is 0.303 e. The quantitative estimate of drug-likeness (QED) is 0.771. The lowest BCUT2D eigenvalue weighted by Gasteiger charge is -2.04. The summed E-state index contributed by atoms with van der Waals surface area (Å²) in [6.45, 7) is 2.23. The van der Waals surface area contributed by atoms with Crippen LogP contribution in [0.1, 0.15) is 12.1 Å². The summed E-state index contributed by atoms with van der Waals surface area (Å²) in [5, 5.41) is 6.98. The summed E-state index contributed by atoms with van der Waals surface area (Å²) < 4.78 is 1.60. The van der Waals surface area contributed by atoms with Gasteiger partial charge >= 0.3 is 4.87 Å². The number of carbonyl (C=O) groups excluding carboxylic acids is 1. The molecule has 0 aromatic carbocycles. The van der Waals surface area contributed by atoms with E-state index in [-0.39, 0.29) is 17.2 Å². The molecule has 3 heterocycles. The lowest BCUT2D eigenvalue weighted by molar-refractivity contribution is -0.116. The maximum atomic E-state index is 12.0. The zero-order valence-electron chi connectivity index (χ0n) is 12.4. The number of aryl methyl sites for hydroxylation is 1.